The molecule has 6 heteroatoms. The molecule has 0 aliphatic carbocycles. The van der Waals surface area contributed by atoms with Gasteiger partial charge in [-0.1, -0.05) is 36.4 Å². The predicted molar refractivity (Wildman–Crippen MR) is 94.3 cm³/mol. The van der Waals surface area contributed by atoms with Crippen LogP contribution in [0.5, 0.6) is 11.5 Å². The number of para-hydroxylation sites is 2. The number of aromatic hydroxyl groups is 2. The van der Waals surface area contributed by atoms with Gasteiger partial charge in [-0.2, -0.15) is 0 Å². The van der Waals surface area contributed by atoms with Gasteiger partial charge in [0.05, 0.1) is 11.5 Å². The Bertz CT molecular complexity index is 684. The molecule has 0 heterocycles. The van der Waals surface area contributed by atoms with Crippen LogP contribution in [-0.4, -0.2) is 39.7 Å². The van der Waals surface area contributed by atoms with Gasteiger partial charge in [0.1, 0.15) is 11.5 Å². The third kappa shape index (κ3) is 5.74. The monoisotopic (exact) mass is 365 g/mol. The normalized spacial score (nSPS) is 11.2. The van der Waals surface area contributed by atoms with Crippen LogP contribution in [-0.2, 0) is 17.6 Å². The van der Waals surface area contributed by atoms with Gasteiger partial charge in [0, 0.05) is 13.1 Å². The van der Waals surface area contributed by atoms with Gasteiger partial charge in [-0.15, -0.1) is 0 Å². The van der Waals surface area contributed by atoms with Crippen molar-refractivity contribution >= 4 is 5.97 Å². The summed E-state index contributed by atoms with van der Waals surface area (Å²) in [5, 5.41) is 31.4. The van der Waals surface area contributed by atoms with Gasteiger partial charge in [-0.05, 0) is 49.9 Å². The zero-order chi connectivity index (χ0) is 18.4. The summed E-state index contributed by atoms with van der Waals surface area (Å²) in [5.41, 5.74) is 0.378. The van der Waals surface area contributed by atoms with Crippen LogP contribution in [0.3, 0.4) is 0 Å². The van der Waals surface area contributed by atoms with Crippen molar-refractivity contribution in [1.82, 2.24) is 4.90 Å². The Morgan fingerprint density at radius 3 is 1.65 bits per heavy atom. The molecule has 0 amide bonds. The second-order valence-corrected chi connectivity index (χ2v) is 6.59. The van der Waals surface area contributed by atoms with Gasteiger partial charge in [0.25, 0.3) is 0 Å². The Kier molecular flexibility index (Phi) is 8.63. The molecule has 0 aliphatic heterocycles. The van der Waals surface area contributed by atoms with E-state index in [2.05, 4.69) is 0 Å². The molecular formula is C20H24NNaO4. The van der Waals surface area contributed by atoms with Crippen molar-refractivity contribution in [3.8, 4) is 11.5 Å². The summed E-state index contributed by atoms with van der Waals surface area (Å²) in [7, 11) is 0. The molecule has 2 aromatic rings. The van der Waals surface area contributed by atoms with E-state index in [9.17, 15) is 20.1 Å². The van der Waals surface area contributed by atoms with Crippen LogP contribution in [0.15, 0.2) is 48.5 Å². The number of nitrogens with zero attached hydrogens (tertiary/aromatic N) is 1. The first kappa shape index (κ1) is 22.5. The molecule has 0 radical (unpaired) electrons. The summed E-state index contributed by atoms with van der Waals surface area (Å²) in [6.07, 6.45) is 1.04. The number of hydrogen-bond donors (Lipinski definition) is 2. The first-order valence-corrected chi connectivity index (χ1v) is 8.32. The summed E-state index contributed by atoms with van der Waals surface area (Å²) < 4.78 is 0. The van der Waals surface area contributed by atoms with Crippen LogP contribution < -0.4 is 34.7 Å². The van der Waals surface area contributed by atoms with E-state index in [4.69, 9.17) is 0 Å². The number of hydrogen-bond acceptors (Lipinski definition) is 5. The molecule has 0 saturated heterocycles. The SMILES string of the molecule is CC(C)(C(=O)[O-])N(CCc1ccccc1O)CCc1ccccc1O.[Na+]. The summed E-state index contributed by atoms with van der Waals surface area (Å²) >= 11 is 0. The maximum absolute atomic E-state index is 11.6. The second-order valence-electron chi connectivity index (χ2n) is 6.59. The number of benzene rings is 2. The Balaban J connectivity index is 0.00000338. The Labute approximate surface area is 176 Å². The molecule has 2 rings (SSSR count). The maximum Gasteiger partial charge on any atom is 1.00 e. The van der Waals surface area contributed by atoms with Crippen LogP contribution in [0.25, 0.3) is 0 Å². The average Bonchev–Trinajstić information content (AvgIpc) is 2.57. The molecule has 0 fully saturated rings. The van der Waals surface area contributed by atoms with Gasteiger partial charge < -0.3 is 20.1 Å². The van der Waals surface area contributed by atoms with Crippen LogP contribution in [0.4, 0.5) is 0 Å². The van der Waals surface area contributed by atoms with E-state index >= 15 is 0 Å². The maximum atomic E-state index is 11.6. The third-order valence-corrected chi connectivity index (χ3v) is 4.58. The average molecular weight is 365 g/mol. The van der Waals surface area contributed by atoms with Gasteiger partial charge in [0.2, 0.25) is 0 Å². The number of carboxylic acid groups (broad SMARTS) is 1. The molecule has 0 unspecified atom stereocenters. The Morgan fingerprint density at radius 2 is 1.31 bits per heavy atom. The van der Waals surface area contributed by atoms with E-state index < -0.39 is 11.5 Å². The summed E-state index contributed by atoms with van der Waals surface area (Å²) in [4.78, 5) is 13.4. The van der Waals surface area contributed by atoms with E-state index in [-0.39, 0.29) is 41.1 Å². The Morgan fingerprint density at radius 1 is 0.923 bits per heavy atom. The third-order valence-electron chi connectivity index (χ3n) is 4.58. The molecule has 0 aromatic heterocycles. The number of phenolic OH excluding ortho intramolecular Hbond substituents is 2. The molecule has 2 aromatic carbocycles. The number of aliphatic carboxylic acids is 1. The number of carbonyl (C=O) groups excluding carboxylic acids is 1. The van der Waals surface area contributed by atoms with Crippen molar-refractivity contribution in [1.29, 1.82) is 0 Å². The van der Waals surface area contributed by atoms with Gasteiger partial charge in [-0.3, -0.25) is 4.90 Å². The number of rotatable bonds is 8. The molecule has 0 aliphatic rings. The fourth-order valence-electron chi connectivity index (χ4n) is 2.76. The zero-order valence-electron chi connectivity index (χ0n) is 15.6. The molecule has 0 spiro atoms. The Hall–Kier alpha value is -1.53. The van der Waals surface area contributed by atoms with Crippen molar-refractivity contribution in [2.75, 3.05) is 13.1 Å². The van der Waals surface area contributed by atoms with Gasteiger partial charge in [0.15, 0.2) is 0 Å². The van der Waals surface area contributed by atoms with Crippen LogP contribution >= 0.6 is 0 Å². The second kappa shape index (κ2) is 9.97. The first-order chi connectivity index (χ1) is 11.8. The van der Waals surface area contributed by atoms with E-state index in [1.165, 1.54) is 0 Å². The predicted octanol–water partition coefficient (Wildman–Crippen LogP) is -1.28. The van der Waals surface area contributed by atoms with Crippen molar-refractivity contribution in [2.45, 2.75) is 32.2 Å². The summed E-state index contributed by atoms with van der Waals surface area (Å²) in [5.74, 6) is -0.745. The minimum atomic E-state index is -1.16. The summed E-state index contributed by atoms with van der Waals surface area (Å²) in [6, 6.07) is 14.1. The smallest absolute Gasteiger partial charge is 0.548 e. The first-order valence-electron chi connectivity index (χ1n) is 8.32. The number of carbonyl (C=O) groups is 1. The zero-order valence-corrected chi connectivity index (χ0v) is 17.6. The minimum absolute atomic E-state index is 0. The van der Waals surface area contributed by atoms with Gasteiger partial charge in [-0.25, -0.2) is 0 Å². The number of phenols is 2. The minimum Gasteiger partial charge on any atom is -0.548 e. The van der Waals surface area contributed by atoms with Crippen molar-refractivity contribution < 1.29 is 49.7 Å². The topological polar surface area (TPSA) is 83.8 Å². The van der Waals surface area contributed by atoms with E-state index in [0.29, 0.717) is 25.9 Å². The largest absolute Gasteiger partial charge is 1.00 e. The molecule has 134 valence electrons. The van der Waals surface area contributed by atoms with E-state index in [1.54, 1.807) is 43.0 Å². The molecule has 0 saturated carbocycles. The molecule has 26 heavy (non-hydrogen) atoms. The van der Waals surface area contributed by atoms with Gasteiger partial charge >= 0.3 is 29.6 Å². The molecular weight excluding hydrogens is 341 g/mol. The van der Waals surface area contributed by atoms with Crippen LogP contribution in [0, 0.1) is 0 Å². The van der Waals surface area contributed by atoms with Crippen molar-refractivity contribution in [2.24, 2.45) is 0 Å². The summed E-state index contributed by atoms with van der Waals surface area (Å²) in [6.45, 7) is 4.12. The number of carboxylic acids is 1. The van der Waals surface area contributed by atoms with Crippen LogP contribution in [0.2, 0.25) is 0 Å². The standard InChI is InChI=1S/C20H25NO4.Na/c1-20(2,19(24)25)21(13-11-15-7-3-5-9-17(15)22)14-12-16-8-4-6-10-18(16)23;/h3-10,22-23H,11-14H2,1-2H3,(H,24,25);/q;+1/p-1. The van der Waals surface area contributed by atoms with Crippen molar-refractivity contribution in [3.63, 3.8) is 0 Å². The van der Waals surface area contributed by atoms with Crippen LogP contribution in [0.1, 0.15) is 25.0 Å². The molecule has 0 atom stereocenters. The molecule has 5 nitrogen and oxygen atoms in total. The fourth-order valence-corrected chi connectivity index (χ4v) is 2.76. The molecule has 2 N–H and O–H groups in total. The quantitative estimate of drug-likeness (QED) is 0.569. The van der Waals surface area contributed by atoms with E-state index in [0.717, 1.165) is 11.1 Å². The van der Waals surface area contributed by atoms with E-state index in [1.807, 2.05) is 24.3 Å². The fraction of sp³-hybridized carbons (Fsp3) is 0.350. The van der Waals surface area contributed by atoms with Crippen molar-refractivity contribution in [3.05, 3.63) is 59.7 Å². The molecule has 0 bridgehead atoms.